The molecular formula is C20H33N4O4S+. The Bertz CT molecular complexity index is 836. The summed E-state index contributed by atoms with van der Waals surface area (Å²) in [4.78, 5) is 25.1. The zero-order valence-corrected chi connectivity index (χ0v) is 18.8. The van der Waals surface area contributed by atoms with E-state index in [1.807, 2.05) is 46.8 Å². The maximum Gasteiger partial charge on any atom is 0.275 e. The van der Waals surface area contributed by atoms with Crippen molar-refractivity contribution in [2.45, 2.75) is 45.6 Å². The average molecular weight is 426 g/mol. The Hall–Kier alpha value is -1.97. The van der Waals surface area contributed by atoms with E-state index in [1.165, 1.54) is 4.31 Å². The van der Waals surface area contributed by atoms with Crippen LogP contribution in [-0.2, 0) is 19.6 Å². The molecule has 3 N–H and O–H groups in total. The van der Waals surface area contributed by atoms with Crippen LogP contribution in [0.1, 0.15) is 30.5 Å². The number of carbonyl (C=O) groups excluding carboxylic acids is 2. The molecule has 9 heteroatoms. The fourth-order valence-electron chi connectivity index (χ4n) is 3.76. The van der Waals surface area contributed by atoms with Crippen molar-refractivity contribution in [3.63, 3.8) is 0 Å². The number of sulfonamides is 1. The largest absolute Gasteiger partial charge is 0.352 e. The van der Waals surface area contributed by atoms with Gasteiger partial charge in [0.1, 0.15) is 0 Å². The topological polar surface area (TPSA) is 100 Å². The molecular weight excluding hydrogens is 392 g/mol. The lowest BCUT2D eigenvalue weighted by molar-refractivity contribution is -0.895. The molecule has 1 aromatic rings. The number of rotatable bonds is 7. The maximum absolute atomic E-state index is 13.1. The van der Waals surface area contributed by atoms with Gasteiger partial charge in [-0.25, -0.2) is 8.42 Å². The molecule has 162 valence electrons. The summed E-state index contributed by atoms with van der Waals surface area (Å²) in [6, 6.07) is 3.81. The Balaban J connectivity index is 1.90. The number of benzene rings is 1. The molecule has 0 aliphatic carbocycles. The monoisotopic (exact) mass is 425 g/mol. The number of carbonyl (C=O) groups is 2. The third kappa shape index (κ3) is 6.25. The lowest BCUT2D eigenvalue weighted by Crippen LogP contribution is -3.15. The lowest BCUT2D eigenvalue weighted by atomic mass is 10.1. The van der Waals surface area contributed by atoms with Gasteiger partial charge in [-0.05, 0) is 45.7 Å². The second-order valence-electron chi connectivity index (χ2n) is 8.06. The number of hydrogen-bond donors (Lipinski definition) is 3. The van der Waals surface area contributed by atoms with Crippen LogP contribution < -0.4 is 15.5 Å². The third-order valence-corrected chi connectivity index (χ3v) is 7.14. The highest BCUT2D eigenvalue weighted by atomic mass is 32.2. The van der Waals surface area contributed by atoms with Gasteiger partial charge in [0.25, 0.3) is 5.91 Å². The number of amides is 2. The first kappa shape index (κ1) is 23.3. The summed E-state index contributed by atoms with van der Waals surface area (Å²) < 4.78 is 27.8. The summed E-state index contributed by atoms with van der Waals surface area (Å²) in [5.74, 6) is -0.427. The van der Waals surface area contributed by atoms with Crippen molar-refractivity contribution < 1.29 is 22.9 Å². The maximum atomic E-state index is 13.1. The molecule has 1 fully saturated rings. The van der Waals surface area contributed by atoms with Crippen molar-refractivity contribution in [1.29, 1.82) is 0 Å². The Morgan fingerprint density at radius 3 is 2.14 bits per heavy atom. The molecule has 8 nitrogen and oxygen atoms in total. The predicted molar refractivity (Wildman–Crippen MR) is 111 cm³/mol. The standard InChI is InChI=1S/C20H32N4O4S/c1-14(2)22-18(25)12-21-19(26)13-23-6-8-24(9-7-23)29(27,28)20-16(4)10-15(3)11-17(20)5/h10-11,14H,6-9,12-13H2,1-5H3,(H,21,26)(H,22,25)/p+1. The summed E-state index contributed by atoms with van der Waals surface area (Å²) in [7, 11) is -3.56. The van der Waals surface area contributed by atoms with Gasteiger partial charge in [-0.2, -0.15) is 4.31 Å². The first-order chi connectivity index (χ1) is 13.5. The fraction of sp³-hybridized carbons (Fsp3) is 0.600. The normalized spacial score (nSPS) is 16.1. The van der Waals surface area contributed by atoms with Crippen molar-refractivity contribution in [2.24, 2.45) is 0 Å². The Morgan fingerprint density at radius 1 is 1.07 bits per heavy atom. The van der Waals surface area contributed by atoms with Crippen molar-refractivity contribution in [2.75, 3.05) is 39.3 Å². The number of aryl methyl sites for hydroxylation is 3. The molecule has 29 heavy (non-hydrogen) atoms. The second kappa shape index (κ2) is 9.69. The van der Waals surface area contributed by atoms with E-state index in [2.05, 4.69) is 10.6 Å². The molecule has 0 unspecified atom stereocenters. The van der Waals surface area contributed by atoms with Gasteiger partial charge in [0.15, 0.2) is 6.54 Å². The van der Waals surface area contributed by atoms with Gasteiger partial charge in [-0.15, -0.1) is 0 Å². The van der Waals surface area contributed by atoms with Crippen LogP contribution >= 0.6 is 0 Å². The van der Waals surface area contributed by atoms with E-state index in [4.69, 9.17) is 0 Å². The molecule has 1 aliphatic heterocycles. The highest BCUT2D eigenvalue weighted by Gasteiger charge is 2.33. The van der Waals surface area contributed by atoms with E-state index >= 15 is 0 Å². The number of piperazine rings is 1. The molecule has 0 bridgehead atoms. The second-order valence-corrected chi connectivity index (χ2v) is 9.93. The van der Waals surface area contributed by atoms with Crippen LogP contribution in [0.2, 0.25) is 0 Å². The SMILES string of the molecule is Cc1cc(C)c(S(=O)(=O)N2CC[NH+](CC(=O)NCC(=O)NC(C)C)CC2)c(C)c1. The summed E-state index contributed by atoms with van der Waals surface area (Å²) in [5.41, 5.74) is 2.56. The van der Waals surface area contributed by atoms with E-state index in [0.29, 0.717) is 31.1 Å². The minimum Gasteiger partial charge on any atom is -0.352 e. The summed E-state index contributed by atoms with van der Waals surface area (Å²) >= 11 is 0. The van der Waals surface area contributed by atoms with Gasteiger partial charge in [-0.3, -0.25) is 9.59 Å². The Kier molecular flexibility index (Phi) is 7.79. The minimum absolute atomic E-state index is 0.0286. The average Bonchev–Trinajstić information content (AvgIpc) is 2.58. The van der Waals surface area contributed by atoms with Gasteiger partial charge in [0.2, 0.25) is 15.9 Å². The van der Waals surface area contributed by atoms with Crippen molar-refractivity contribution in [3.8, 4) is 0 Å². The zero-order chi connectivity index (χ0) is 21.8. The highest BCUT2D eigenvalue weighted by Crippen LogP contribution is 2.25. The van der Waals surface area contributed by atoms with Crippen molar-refractivity contribution in [1.82, 2.24) is 14.9 Å². The summed E-state index contributed by atoms with van der Waals surface area (Å²) in [5, 5.41) is 5.34. The van der Waals surface area contributed by atoms with Crippen LogP contribution in [0.25, 0.3) is 0 Å². The molecule has 0 spiro atoms. The number of quaternary nitrogens is 1. The first-order valence-electron chi connectivity index (χ1n) is 9.98. The molecule has 1 heterocycles. The molecule has 0 radical (unpaired) electrons. The van der Waals surface area contributed by atoms with E-state index in [9.17, 15) is 18.0 Å². The van der Waals surface area contributed by atoms with E-state index < -0.39 is 10.0 Å². The molecule has 0 aromatic heterocycles. The van der Waals surface area contributed by atoms with Crippen LogP contribution in [0.15, 0.2) is 17.0 Å². The van der Waals surface area contributed by atoms with Crippen molar-refractivity contribution in [3.05, 3.63) is 28.8 Å². The lowest BCUT2D eigenvalue weighted by Gasteiger charge is -2.32. The Labute approximate surface area is 173 Å². The van der Waals surface area contributed by atoms with E-state index in [0.717, 1.165) is 21.6 Å². The number of nitrogens with one attached hydrogen (secondary N) is 3. The summed E-state index contributed by atoms with van der Waals surface area (Å²) in [6.45, 7) is 11.3. The van der Waals surface area contributed by atoms with Gasteiger partial charge < -0.3 is 15.5 Å². The van der Waals surface area contributed by atoms with E-state index in [1.54, 1.807) is 0 Å². The molecule has 1 aromatic carbocycles. The van der Waals surface area contributed by atoms with Gasteiger partial charge in [-0.1, -0.05) is 17.7 Å². The van der Waals surface area contributed by atoms with E-state index in [-0.39, 0.29) is 30.9 Å². The molecule has 0 atom stereocenters. The van der Waals surface area contributed by atoms with Crippen LogP contribution in [0.3, 0.4) is 0 Å². The molecule has 2 rings (SSSR count). The summed E-state index contributed by atoms with van der Waals surface area (Å²) in [6.07, 6.45) is 0. The number of nitrogens with zero attached hydrogens (tertiary/aromatic N) is 1. The van der Waals surface area contributed by atoms with Gasteiger partial charge >= 0.3 is 0 Å². The first-order valence-corrected chi connectivity index (χ1v) is 11.4. The molecule has 2 amide bonds. The molecule has 1 saturated heterocycles. The Morgan fingerprint density at radius 2 is 1.62 bits per heavy atom. The smallest absolute Gasteiger partial charge is 0.275 e. The third-order valence-electron chi connectivity index (χ3n) is 4.94. The zero-order valence-electron chi connectivity index (χ0n) is 18.0. The van der Waals surface area contributed by atoms with Crippen LogP contribution in [0.5, 0.6) is 0 Å². The number of hydrogen-bond acceptors (Lipinski definition) is 4. The van der Waals surface area contributed by atoms with Crippen LogP contribution in [-0.4, -0.2) is 69.8 Å². The predicted octanol–water partition coefficient (Wildman–Crippen LogP) is -0.858. The van der Waals surface area contributed by atoms with Gasteiger partial charge in [0, 0.05) is 6.04 Å². The van der Waals surface area contributed by atoms with Gasteiger partial charge in [0.05, 0.1) is 37.6 Å². The molecule has 1 aliphatic rings. The minimum atomic E-state index is -3.56. The highest BCUT2D eigenvalue weighted by molar-refractivity contribution is 7.89. The molecule has 0 saturated carbocycles. The van der Waals surface area contributed by atoms with Crippen molar-refractivity contribution >= 4 is 21.8 Å². The quantitative estimate of drug-likeness (QED) is 0.529. The van der Waals surface area contributed by atoms with Crippen LogP contribution in [0, 0.1) is 20.8 Å². The van der Waals surface area contributed by atoms with Crippen LogP contribution in [0.4, 0.5) is 0 Å². The fourth-order valence-corrected chi connectivity index (χ4v) is 5.62.